The van der Waals surface area contributed by atoms with Gasteiger partial charge in [0.25, 0.3) is 11.8 Å². The topological polar surface area (TPSA) is 100 Å². The average Bonchev–Trinajstić information content (AvgIpc) is 3.25. The molecule has 0 aliphatic rings. The monoisotopic (exact) mass is 391 g/mol. The van der Waals surface area contributed by atoms with Crippen molar-refractivity contribution in [2.75, 3.05) is 17.2 Å². The molecule has 0 bridgehead atoms. The van der Waals surface area contributed by atoms with Crippen LogP contribution in [0.15, 0.2) is 65.3 Å². The lowest BCUT2D eigenvalue weighted by molar-refractivity contribution is -0.115. The molecule has 1 aromatic heterocycles. The van der Waals surface area contributed by atoms with Crippen LogP contribution in [0, 0.1) is 13.8 Å². The molecule has 1 heterocycles. The van der Waals surface area contributed by atoms with E-state index in [4.69, 9.17) is 4.42 Å². The maximum absolute atomic E-state index is 12.3. The number of anilines is 2. The van der Waals surface area contributed by atoms with Gasteiger partial charge in [-0.25, -0.2) is 0 Å². The predicted molar refractivity (Wildman–Crippen MR) is 110 cm³/mol. The first kappa shape index (κ1) is 19.9. The molecule has 3 amide bonds. The highest BCUT2D eigenvalue weighted by Gasteiger charge is 2.12. The van der Waals surface area contributed by atoms with Crippen LogP contribution in [0.2, 0.25) is 0 Å². The molecule has 3 rings (SSSR count). The van der Waals surface area contributed by atoms with E-state index < -0.39 is 0 Å². The zero-order valence-electron chi connectivity index (χ0n) is 16.1. The van der Waals surface area contributed by atoms with Crippen LogP contribution in [0.25, 0.3) is 0 Å². The molecule has 0 spiro atoms. The van der Waals surface area contributed by atoms with E-state index in [2.05, 4.69) is 16.0 Å². The van der Waals surface area contributed by atoms with Crippen LogP contribution in [0.3, 0.4) is 0 Å². The maximum Gasteiger partial charge on any atom is 0.291 e. The Labute approximate surface area is 168 Å². The molecule has 3 N–H and O–H groups in total. The lowest BCUT2D eigenvalue weighted by Gasteiger charge is -2.12. The van der Waals surface area contributed by atoms with Gasteiger partial charge in [0.05, 0.1) is 12.8 Å². The van der Waals surface area contributed by atoms with Gasteiger partial charge in [-0.2, -0.15) is 0 Å². The number of nitrogens with one attached hydrogen (secondary N) is 3. The van der Waals surface area contributed by atoms with Gasteiger partial charge in [0.1, 0.15) is 0 Å². The van der Waals surface area contributed by atoms with Gasteiger partial charge < -0.3 is 20.4 Å². The molecule has 7 nitrogen and oxygen atoms in total. The van der Waals surface area contributed by atoms with E-state index in [1.807, 2.05) is 32.0 Å². The number of rotatable bonds is 6. The molecular weight excluding hydrogens is 370 g/mol. The summed E-state index contributed by atoms with van der Waals surface area (Å²) in [6.45, 7) is 3.67. The Kier molecular flexibility index (Phi) is 6.09. The number of amides is 3. The molecule has 2 aromatic carbocycles. The van der Waals surface area contributed by atoms with Crippen molar-refractivity contribution < 1.29 is 18.8 Å². The SMILES string of the molecule is Cc1cccc(C)c1NC(=O)CNC(=O)c1ccc(NC(=O)c2ccco2)cc1. The summed E-state index contributed by atoms with van der Waals surface area (Å²) < 4.78 is 5.03. The zero-order valence-corrected chi connectivity index (χ0v) is 16.1. The molecule has 0 saturated carbocycles. The van der Waals surface area contributed by atoms with E-state index in [1.165, 1.54) is 6.26 Å². The summed E-state index contributed by atoms with van der Waals surface area (Å²) in [5.74, 6) is -0.874. The predicted octanol–water partition coefficient (Wildman–Crippen LogP) is 3.52. The second-order valence-corrected chi connectivity index (χ2v) is 6.51. The fourth-order valence-corrected chi connectivity index (χ4v) is 2.76. The molecule has 0 aliphatic carbocycles. The Balaban J connectivity index is 1.53. The third-order valence-corrected chi connectivity index (χ3v) is 4.30. The molecule has 0 fully saturated rings. The Bertz CT molecular complexity index is 1000. The van der Waals surface area contributed by atoms with Gasteiger partial charge in [-0.05, 0) is 61.4 Å². The molecule has 0 unspecified atom stereocenters. The van der Waals surface area contributed by atoms with Crippen molar-refractivity contribution in [3.05, 3.63) is 83.3 Å². The largest absolute Gasteiger partial charge is 0.459 e. The van der Waals surface area contributed by atoms with Crippen LogP contribution in [0.5, 0.6) is 0 Å². The highest BCUT2D eigenvalue weighted by atomic mass is 16.3. The minimum Gasteiger partial charge on any atom is -0.459 e. The number of carbonyl (C=O) groups is 3. The van der Waals surface area contributed by atoms with Crippen molar-refractivity contribution in [1.29, 1.82) is 0 Å². The molecule has 0 saturated heterocycles. The maximum atomic E-state index is 12.3. The third-order valence-electron chi connectivity index (χ3n) is 4.30. The molecule has 29 heavy (non-hydrogen) atoms. The summed E-state index contributed by atoms with van der Waals surface area (Å²) in [4.78, 5) is 36.4. The third kappa shape index (κ3) is 5.10. The summed E-state index contributed by atoms with van der Waals surface area (Å²) in [6.07, 6.45) is 1.42. The highest BCUT2D eigenvalue weighted by Crippen LogP contribution is 2.19. The van der Waals surface area contributed by atoms with Crippen molar-refractivity contribution in [3.8, 4) is 0 Å². The van der Waals surface area contributed by atoms with E-state index in [9.17, 15) is 14.4 Å². The molecule has 0 radical (unpaired) electrons. The van der Waals surface area contributed by atoms with Gasteiger partial charge in [0.15, 0.2) is 5.76 Å². The summed E-state index contributed by atoms with van der Waals surface area (Å²) in [6, 6.07) is 15.3. The Hall–Kier alpha value is -3.87. The summed E-state index contributed by atoms with van der Waals surface area (Å²) in [5.41, 5.74) is 3.56. The summed E-state index contributed by atoms with van der Waals surface area (Å²) in [5, 5.41) is 8.08. The highest BCUT2D eigenvalue weighted by molar-refractivity contribution is 6.03. The first-order chi connectivity index (χ1) is 13.9. The van der Waals surface area contributed by atoms with Gasteiger partial charge in [0.2, 0.25) is 5.91 Å². The van der Waals surface area contributed by atoms with Crippen molar-refractivity contribution >= 4 is 29.1 Å². The average molecular weight is 391 g/mol. The lowest BCUT2D eigenvalue weighted by Crippen LogP contribution is -2.33. The van der Waals surface area contributed by atoms with E-state index in [0.717, 1.165) is 16.8 Å². The van der Waals surface area contributed by atoms with Crippen LogP contribution in [-0.2, 0) is 4.79 Å². The van der Waals surface area contributed by atoms with E-state index in [1.54, 1.807) is 36.4 Å². The second kappa shape index (κ2) is 8.88. The quantitative estimate of drug-likeness (QED) is 0.598. The minimum absolute atomic E-state index is 0.149. The number of benzene rings is 2. The molecule has 0 atom stereocenters. The lowest BCUT2D eigenvalue weighted by atomic mass is 10.1. The van der Waals surface area contributed by atoms with Crippen LogP contribution in [0.1, 0.15) is 32.0 Å². The van der Waals surface area contributed by atoms with Gasteiger partial charge in [0, 0.05) is 16.9 Å². The van der Waals surface area contributed by atoms with Gasteiger partial charge >= 0.3 is 0 Å². The number of furan rings is 1. The molecule has 0 aliphatic heterocycles. The van der Waals surface area contributed by atoms with E-state index in [0.29, 0.717) is 11.3 Å². The van der Waals surface area contributed by atoms with Crippen LogP contribution < -0.4 is 16.0 Å². The normalized spacial score (nSPS) is 10.3. The van der Waals surface area contributed by atoms with E-state index in [-0.39, 0.29) is 30.0 Å². The number of carbonyl (C=O) groups excluding carboxylic acids is 3. The molecule has 3 aromatic rings. The minimum atomic E-state index is -0.384. The Morgan fingerprint density at radius 3 is 2.14 bits per heavy atom. The summed E-state index contributed by atoms with van der Waals surface area (Å²) in [7, 11) is 0. The second-order valence-electron chi connectivity index (χ2n) is 6.51. The van der Waals surface area contributed by atoms with Crippen molar-refractivity contribution in [3.63, 3.8) is 0 Å². The van der Waals surface area contributed by atoms with Gasteiger partial charge in [-0.15, -0.1) is 0 Å². The molecular formula is C22H21N3O4. The first-order valence-electron chi connectivity index (χ1n) is 9.03. The number of para-hydroxylation sites is 1. The fourth-order valence-electron chi connectivity index (χ4n) is 2.76. The van der Waals surface area contributed by atoms with Crippen LogP contribution >= 0.6 is 0 Å². The number of hydrogen-bond acceptors (Lipinski definition) is 4. The Morgan fingerprint density at radius 2 is 1.52 bits per heavy atom. The van der Waals surface area contributed by atoms with E-state index >= 15 is 0 Å². The Morgan fingerprint density at radius 1 is 0.828 bits per heavy atom. The smallest absolute Gasteiger partial charge is 0.291 e. The van der Waals surface area contributed by atoms with Crippen molar-refractivity contribution in [1.82, 2.24) is 5.32 Å². The number of hydrogen-bond donors (Lipinski definition) is 3. The first-order valence-corrected chi connectivity index (χ1v) is 9.03. The fraction of sp³-hybridized carbons (Fsp3) is 0.136. The van der Waals surface area contributed by atoms with Crippen LogP contribution in [0.4, 0.5) is 11.4 Å². The van der Waals surface area contributed by atoms with Crippen molar-refractivity contribution in [2.45, 2.75) is 13.8 Å². The zero-order chi connectivity index (χ0) is 20.8. The standard InChI is InChI=1S/C22H21N3O4/c1-14-5-3-6-15(2)20(14)25-19(26)13-23-21(27)16-8-10-17(11-9-16)24-22(28)18-7-4-12-29-18/h3-12H,13H2,1-2H3,(H,23,27)(H,24,28)(H,25,26). The van der Waals surface area contributed by atoms with Crippen LogP contribution in [-0.4, -0.2) is 24.3 Å². The molecule has 7 heteroatoms. The molecule has 148 valence electrons. The van der Waals surface area contributed by atoms with Gasteiger partial charge in [-0.1, -0.05) is 18.2 Å². The van der Waals surface area contributed by atoms with Crippen molar-refractivity contribution in [2.24, 2.45) is 0 Å². The van der Waals surface area contributed by atoms with Gasteiger partial charge in [-0.3, -0.25) is 14.4 Å². The number of aryl methyl sites for hydroxylation is 2. The summed E-state index contributed by atoms with van der Waals surface area (Å²) >= 11 is 0.